The quantitative estimate of drug-likeness (QED) is 0.789. The molecule has 0 spiro atoms. The van der Waals surface area contributed by atoms with Crippen molar-refractivity contribution >= 4 is 5.91 Å². The van der Waals surface area contributed by atoms with E-state index in [4.69, 9.17) is 5.26 Å². The molecule has 96 valence electrons. The van der Waals surface area contributed by atoms with E-state index in [1.54, 1.807) is 0 Å². The van der Waals surface area contributed by atoms with Crippen molar-refractivity contribution in [3.8, 4) is 6.07 Å². The Balaban J connectivity index is 2.40. The van der Waals surface area contributed by atoms with Crippen LogP contribution in [0.25, 0.3) is 0 Å². The fraction of sp³-hybridized carbons (Fsp3) is 0.846. The van der Waals surface area contributed by atoms with Crippen LogP contribution in [-0.2, 0) is 4.79 Å². The van der Waals surface area contributed by atoms with Gasteiger partial charge in [-0.1, -0.05) is 6.92 Å². The van der Waals surface area contributed by atoms with Crippen LogP contribution in [0, 0.1) is 16.7 Å². The molecule has 0 aromatic heterocycles. The third-order valence-electron chi connectivity index (χ3n) is 3.38. The number of piperazine rings is 1. The first-order chi connectivity index (χ1) is 8.00. The fourth-order valence-corrected chi connectivity index (χ4v) is 2.25. The highest BCUT2D eigenvalue weighted by Crippen LogP contribution is 2.21. The van der Waals surface area contributed by atoms with Gasteiger partial charge >= 0.3 is 0 Å². The van der Waals surface area contributed by atoms with E-state index in [9.17, 15) is 4.79 Å². The topological polar surface area (TPSA) is 56.1 Å². The van der Waals surface area contributed by atoms with Crippen LogP contribution < -0.4 is 5.32 Å². The molecule has 0 aromatic carbocycles. The summed E-state index contributed by atoms with van der Waals surface area (Å²) in [7, 11) is 0. The zero-order valence-electron chi connectivity index (χ0n) is 11.1. The molecule has 17 heavy (non-hydrogen) atoms. The Kier molecular flexibility index (Phi) is 4.95. The lowest BCUT2D eigenvalue weighted by molar-refractivity contribution is -0.129. The maximum atomic E-state index is 11.6. The van der Waals surface area contributed by atoms with Crippen LogP contribution in [0.3, 0.4) is 0 Å². The van der Waals surface area contributed by atoms with Gasteiger partial charge in [0.25, 0.3) is 0 Å². The predicted molar refractivity (Wildman–Crippen MR) is 67.3 cm³/mol. The maximum absolute atomic E-state index is 11.6. The second-order valence-electron chi connectivity index (χ2n) is 5.35. The summed E-state index contributed by atoms with van der Waals surface area (Å²) in [5.41, 5.74) is -0.250. The summed E-state index contributed by atoms with van der Waals surface area (Å²) in [6.07, 6.45) is 2.72. The van der Waals surface area contributed by atoms with Crippen LogP contribution in [0.2, 0.25) is 0 Å². The number of rotatable bonds is 5. The van der Waals surface area contributed by atoms with Crippen LogP contribution in [0.4, 0.5) is 0 Å². The van der Waals surface area contributed by atoms with Gasteiger partial charge in [-0.25, -0.2) is 0 Å². The lowest BCUT2D eigenvalue weighted by Crippen LogP contribution is -2.55. The number of carbonyl (C=O) groups excluding carboxylic acids is 1. The van der Waals surface area contributed by atoms with Crippen LogP contribution in [0.1, 0.15) is 40.0 Å². The van der Waals surface area contributed by atoms with E-state index in [1.807, 2.05) is 20.8 Å². The zero-order chi connectivity index (χ0) is 12.9. The van der Waals surface area contributed by atoms with Crippen molar-refractivity contribution in [2.75, 3.05) is 19.6 Å². The SMILES string of the molecule is CCC1C(=O)NCCN1CCCC(C)(C)C#N. The second kappa shape index (κ2) is 6.02. The number of amides is 1. The molecule has 1 saturated heterocycles. The van der Waals surface area contributed by atoms with Crippen molar-refractivity contribution in [3.05, 3.63) is 0 Å². The molecular formula is C13H23N3O. The highest BCUT2D eigenvalue weighted by atomic mass is 16.2. The molecule has 1 unspecified atom stereocenters. The molecular weight excluding hydrogens is 214 g/mol. The van der Waals surface area contributed by atoms with E-state index in [-0.39, 0.29) is 17.4 Å². The molecule has 1 amide bonds. The van der Waals surface area contributed by atoms with Crippen LogP contribution in [0.15, 0.2) is 0 Å². The highest BCUT2D eigenvalue weighted by molar-refractivity contribution is 5.82. The molecule has 1 atom stereocenters. The van der Waals surface area contributed by atoms with Gasteiger partial charge < -0.3 is 5.32 Å². The molecule has 4 nitrogen and oxygen atoms in total. The number of hydrogen-bond acceptors (Lipinski definition) is 3. The Bertz CT molecular complexity index is 306. The van der Waals surface area contributed by atoms with Crippen LogP contribution >= 0.6 is 0 Å². The summed E-state index contributed by atoms with van der Waals surface area (Å²) >= 11 is 0. The number of nitrogens with one attached hydrogen (secondary N) is 1. The number of nitrogens with zero attached hydrogens (tertiary/aromatic N) is 2. The average molecular weight is 237 g/mol. The first kappa shape index (κ1) is 14.0. The van der Waals surface area contributed by atoms with Gasteiger partial charge in [-0.15, -0.1) is 0 Å². The summed E-state index contributed by atoms with van der Waals surface area (Å²) in [6, 6.07) is 2.34. The van der Waals surface area contributed by atoms with Gasteiger partial charge in [0.2, 0.25) is 5.91 Å². The molecule has 0 aromatic rings. The van der Waals surface area contributed by atoms with Crippen molar-refractivity contribution in [2.24, 2.45) is 5.41 Å². The van der Waals surface area contributed by atoms with Crippen molar-refractivity contribution < 1.29 is 4.79 Å². The molecule has 4 heteroatoms. The predicted octanol–water partition coefficient (Wildman–Crippen LogP) is 1.53. The van der Waals surface area contributed by atoms with Gasteiger partial charge in [0.05, 0.1) is 17.5 Å². The minimum absolute atomic E-state index is 0.0222. The standard InChI is InChI=1S/C13H23N3O/c1-4-11-12(17)15-7-9-16(11)8-5-6-13(2,3)10-14/h11H,4-9H2,1-3H3,(H,15,17). The minimum atomic E-state index is -0.250. The molecule has 1 fully saturated rings. The van der Waals surface area contributed by atoms with Crippen molar-refractivity contribution in [3.63, 3.8) is 0 Å². The van der Waals surface area contributed by atoms with Crippen LogP contribution in [-0.4, -0.2) is 36.5 Å². The molecule has 0 saturated carbocycles. The summed E-state index contributed by atoms with van der Waals surface area (Å²) < 4.78 is 0. The van der Waals surface area contributed by atoms with E-state index in [0.717, 1.165) is 38.9 Å². The smallest absolute Gasteiger partial charge is 0.237 e. The first-order valence-corrected chi connectivity index (χ1v) is 6.43. The Morgan fingerprint density at radius 1 is 1.59 bits per heavy atom. The Morgan fingerprint density at radius 2 is 2.29 bits per heavy atom. The van der Waals surface area contributed by atoms with Gasteiger partial charge in [0.15, 0.2) is 0 Å². The summed E-state index contributed by atoms with van der Waals surface area (Å²) in [5.74, 6) is 0.151. The average Bonchev–Trinajstić information content (AvgIpc) is 2.29. The summed E-state index contributed by atoms with van der Waals surface area (Å²) in [4.78, 5) is 13.9. The molecule has 1 N–H and O–H groups in total. The number of hydrogen-bond donors (Lipinski definition) is 1. The normalized spacial score (nSPS) is 22.0. The van der Waals surface area contributed by atoms with E-state index in [1.165, 1.54) is 0 Å². The van der Waals surface area contributed by atoms with Crippen LogP contribution in [0.5, 0.6) is 0 Å². The monoisotopic (exact) mass is 237 g/mol. The van der Waals surface area contributed by atoms with Gasteiger partial charge in [0, 0.05) is 13.1 Å². The maximum Gasteiger partial charge on any atom is 0.237 e. The molecule has 1 heterocycles. The largest absolute Gasteiger partial charge is 0.353 e. The van der Waals surface area contributed by atoms with Gasteiger partial charge in [0.1, 0.15) is 0 Å². The number of nitriles is 1. The van der Waals surface area contributed by atoms with E-state index >= 15 is 0 Å². The molecule has 0 radical (unpaired) electrons. The van der Waals surface area contributed by atoms with E-state index < -0.39 is 0 Å². The second-order valence-corrected chi connectivity index (χ2v) is 5.35. The summed E-state index contributed by atoms with van der Waals surface area (Å²) in [6.45, 7) is 8.56. The first-order valence-electron chi connectivity index (χ1n) is 6.43. The van der Waals surface area contributed by atoms with E-state index in [0.29, 0.717) is 0 Å². The Morgan fingerprint density at radius 3 is 2.88 bits per heavy atom. The fourth-order valence-electron chi connectivity index (χ4n) is 2.25. The third-order valence-corrected chi connectivity index (χ3v) is 3.38. The van der Waals surface area contributed by atoms with Gasteiger partial charge in [-0.3, -0.25) is 9.69 Å². The zero-order valence-corrected chi connectivity index (χ0v) is 11.1. The summed E-state index contributed by atoms with van der Waals surface area (Å²) in [5, 5.41) is 11.8. The third kappa shape index (κ3) is 4.01. The minimum Gasteiger partial charge on any atom is -0.353 e. The van der Waals surface area contributed by atoms with E-state index in [2.05, 4.69) is 16.3 Å². The molecule has 1 rings (SSSR count). The lowest BCUT2D eigenvalue weighted by atomic mass is 9.89. The van der Waals surface area contributed by atoms with Gasteiger partial charge in [-0.2, -0.15) is 5.26 Å². The van der Waals surface area contributed by atoms with Crippen molar-refractivity contribution in [1.29, 1.82) is 5.26 Å². The van der Waals surface area contributed by atoms with Gasteiger partial charge in [-0.05, 0) is 39.7 Å². The number of carbonyl (C=O) groups is 1. The Hall–Kier alpha value is -1.08. The molecule has 1 aliphatic heterocycles. The molecule has 1 aliphatic rings. The lowest BCUT2D eigenvalue weighted by Gasteiger charge is -2.34. The van der Waals surface area contributed by atoms with Crippen molar-refractivity contribution in [2.45, 2.75) is 46.1 Å². The Labute approximate surface area is 104 Å². The van der Waals surface area contributed by atoms with Crippen molar-refractivity contribution in [1.82, 2.24) is 10.2 Å². The molecule has 0 aliphatic carbocycles. The highest BCUT2D eigenvalue weighted by Gasteiger charge is 2.27. The molecule has 0 bridgehead atoms.